The topological polar surface area (TPSA) is 39.2 Å². The van der Waals surface area contributed by atoms with E-state index in [0.29, 0.717) is 0 Å². The van der Waals surface area contributed by atoms with Crippen LogP contribution in [0.2, 0.25) is 0 Å². The van der Waals surface area contributed by atoms with Crippen LogP contribution in [0.1, 0.15) is 16.7 Å². The third-order valence-electron chi connectivity index (χ3n) is 2.72. The molecule has 0 fully saturated rings. The molecule has 0 spiro atoms. The van der Waals surface area contributed by atoms with Crippen molar-refractivity contribution in [1.82, 2.24) is 4.98 Å². The maximum atomic E-state index is 11.0. The van der Waals surface area contributed by atoms with Crippen molar-refractivity contribution in [2.75, 3.05) is 7.11 Å². The molecule has 0 aliphatic carbocycles. The average molecular weight is 265 g/mol. The molecule has 0 N–H and O–H groups in total. The number of rotatable bonds is 4. The SMILES string of the molecule is COC(=O)/C=C/c1ccc(/C=C/c2ccncc2)cc1. The summed E-state index contributed by atoms with van der Waals surface area (Å²) in [6.45, 7) is 0. The number of methoxy groups -OCH3 is 1. The summed E-state index contributed by atoms with van der Waals surface area (Å²) in [6.07, 6.45) is 10.7. The highest BCUT2D eigenvalue weighted by atomic mass is 16.5. The number of benzene rings is 1. The van der Waals surface area contributed by atoms with Gasteiger partial charge < -0.3 is 4.74 Å². The number of esters is 1. The summed E-state index contributed by atoms with van der Waals surface area (Å²) in [5.74, 6) is -0.355. The van der Waals surface area contributed by atoms with Gasteiger partial charge in [0.1, 0.15) is 0 Å². The Hall–Kier alpha value is -2.68. The summed E-state index contributed by atoms with van der Waals surface area (Å²) in [5, 5.41) is 0. The normalized spacial score (nSPS) is 11.1. The van der Waals surface area contributed by atoms with Crippen LogP contribution in [0.4, 0.5) is 0 Å². The number of hydrogen-bond donors (Lipinski definition) is 0. The number of ether oxygens (including phenoxy) is 1. The van der Waals surface area contributed by atoms with Crippen LogP contribution in [0.15, 0.2) is 54.9 Å². The predicted octanol–water partition coefficient (Wildman–Crippen LogP) is 3.44. The molecular formula is C17H15NO2. The van der Waals surface area contributed by atoms with E-state index < -0.39 is 0 Å². The third kappa shape index (κ3) is 4.21. The average Bonchev–Trinajstić information content (AvgIpc) is 2.52. The van der Waals surface area contributed by atoms with Crippen LogP contribution in [0, 0.1) is 0 Å². The molecule has 0 saturated heterocycles. The summed E-state index contributed by atoms with van der Waals surface area (Å²) < 4.78 is 4.54. The number of carbonyl (C=O) groups excluding carboxylic acids is 1. The number of aromatic nitrogens is 1. The fraction of sp³-hybridized carbons (Fsp3) is 0.0588. The van der Waals surface area contributed by atoms with Crippen LogP contribution in [-0.4, -0.2) is 18.1 Å². The van der Waals surface area contributed by atoms with E-state index >= 15 is 0 Å². The fourth-order valence-electron chi connectivity index (χ4n) is 1.62. The van der Waals surface area contributed by atoms with Gasteiger partial charge in [0, 0.05) is 18.5 Å². The Bertz CT molecular complexity index is 613. The highest BCUT2D eigenvalue weighted by Crippen LogP contribution is 2.10. The van der Waals surface area contributed by atoms with Crippen molar-refractivity contribution in [2.45, 2.75) is 0 Å². The number of hydrogen-bond acceptors (Lipinski definition) is 3. The Morgan fingerprint density at radius 1 is 0.900 bits per heavy atom. The van der Waals surface area contributed by atoms with Crippen molar-refractivity contribution in [3.8, 4) is 0 Å². The Labute approximate surface area is 118 Å². The molecular weight excluding hydrogens is 250 g/mol. The zero-order valence-corrected chi connectivity index (χ0v) is 11.2. The molecule has 3 nitrogen and oxygen atoms in total. The molecule has 0 radical (unpaired) electrons. The Balaban J connectivity index is 2.03. The minimum Gasteiger partial charge on any atom is -0.466 e. The summed E-state index contributed by atoms with van der Waals surface area (Å²) >= 11 is 0. The maximum Gasteiger partial charge on any atom is 0.330 e. The first-order valence-corrected chi connectivity index (χ1v) is 6.22. The van der Waals surface area contributed by atoms with Gasteiger partial charge in [-0.2, -0.15) is 0 Å². The van der Waals surface area contributed by atoms with Gasteiger partial charge in [-0.05, 0) is 34.9 Å². The smallest absolute Gasteiger partial charge is 0.330 e. The van der Waals surface area contributed by atoms with E-state index in [4.69, 9.17) is 0 Å². The van der Waals surface area contributed by atoms with Gasteiger partial charge in [-0.25, -0.2) is 4.79 Å². The molecule has 100 valence electrons. The first-order valence-electron chi connectivity index (χ1n) is 6.22. The molecule has 0 saturated carbocycles. The van der Waals surface area contributed by atoms with Gasteiger partial charge >= 0.3 is 5.97 Å². The molecule has 0 atom stereocenters. The molecule has 2 rings (SSSR count). The second-order valence-corrected chi connectivity index (χ2v) is 4.14. The van der Waals surface area contributed by atoms with Crippen molar-refractivity contribution < 1.29 is 9.53 Å². The monoisotopic (exact) mass is 265 g/mol. The standard InChI is InChI=1S/C17H15NO2/c1-20-17(19)9-8-15-4-2-14(3-5-15)6-7-16-10-12-18-13-11-16/h2-13H,1H3/b7-6+,9-8+. The van der Waals surface area contributed by atoms with E-state index in [-0.39, 0.29) is 5.97 Å². The Kier molecular flexibility index (Phi) is 4.84. The van der Waals surface area contributed by atoms with Gasteiger partial charge in [-0.15, -0.1) is 0 Å². The fourth-order valence-corrected chi connectivity index (χ4v) is 1.62. The number of carbonyl (C=O) groups is 1. The molecule has 0 amide bonds. The van der Waals surface area contributed by atoms with Crippen molar-refractivity contribution in [3.63, 3.8) is 0 Å². The van der Waals surface area contributed by atoms with E-state index in [9.17, 15) is 4.79 Å². The molecule has 1 aromatic carbocycles. The summed E-state index contributed by atoms with van der Waals surface area (Å²) in [7, 11) is 1.36. The highest BCUT2D eigenvalue weighted by Gasteiger charge is 1.92. The van der Waals surface area contributed by atoms with Crippen LogP contribution in [0.25, 0.3) is 18.2 Å². The number of pyridine rings is 1. The zero-order chi connectivity index (χ0) is 14.2. The van der Waals surface area contributed by atoms with Gasteiger partial charge in [0.2, 0.25) is 0 Å². The lowest BCUT2D eigenvalue weighted by atomic mass is 10.1. The van der Waals surface area contributed by atoms with Crippen LogP contribution >= 0.6 is 0 Å². The molecule has 0 aliphatic rings. The second kappa shape index (κ2) is 7.04. The highest BCUT2D eigenvalue weighted by molar-refractivity contribution is 5.87. The van der Waals surface area contributed by atoms with E-state index in [2.05, 4.69) is 9.72 Å². The molecule has 2 aromatic rings. The van der Waals surface area contributed by atoms with E-state index in [0.717, 1.165) is 16.7 Å². The lowest BCUT2D eigenvalue weighted by molar-refractivity contribution is -0.134. The lowest BCUT2D eigenvalue weighted by Crippen LogP contribution is -1.93. The Morgan fingerprint density at radius 2 is 1.40 bits per heavy atom. The summed E-state index contributed by atoms with van der Waals surface area (Å²) in [5.41, 5.74) is 3.16. The molecule has 20 heavy (non-hydrogen) atoms. The van der Waals surface area contributed by atoms with E-state index in [1.54, 1.807) is 18.5 Å². The van der Waals surface area contributed by atoms with Gasteiger partial charge in [0.05, 0.1) is 7.11 Å². The van der Waals surface area contributed by atoms with Crippen molar-refractivity contribution in [1.29, 1.82) is 0 Å². The summed E-state index contributed by atoms with van der Waals surface area (Å²) in [4.78, 5) is 15.0. The van der Waals surface area contributed by atoms with E-state index in [1.807, 2.05) is 48.6 Å². The zero-order valence-electron chi connectivity index (χ0n) is 11.2. The van der Waals surface area contributed by atoms with Crippen LogP contribution < -0.4 is 0 Å². The lowest BCUT2D eigenvalue weighted by Gasteiger charge is -1.96. The minimum absolute atomic E-state index is 0.355. The molecule has 1 heterocycles. The second-order valence-electron chi connectivity index (χ2n) is 4.14. The first kappa shape index (κ1) is 13.7. The van der Waals surface area contributed by atoms with Gasteiger partial charge in [0.15, 0.2) is 0 Å². The molecule has 1 aromatic heterocycles. The molecule has 0 unspecified atom stereocenters. The van der Waals surface area contributed by atoms with Crippen molar-refractivity contribution >= 4 is 24.2 Å². The number of nitrogens with zero attached hydrogens (tertiary/aromatic N) is 1. The molecule has 0 bridgehead atoms. The maximum absolute atomic E-state index is 11.0. The quantitative estimate of drug-likeness (QED) is 0.628. The van der Waals surface area contributed by atoms with Gasteiger partial charge in [-0.3, -0.25) is 4.98 Å². The van der Waals surface area contributed by atoms with E-state index in [1.165, 1.54) is 13.2 Å². The minimum atomic E-state index is -0.355. The predicted molar refractivity (Wildman–Crippen MR) is 80.7 cm³/mol. The van der Waals surface area contributed by atoms with Crippen molar-refractivity contribution in [2.24, 2.45) is 0 Å². The third-order valence-corrected chi connectivity index (χ3v) is 2.72. The Morgan fingerprint density at radius 3 is 1.95 bits per heavy atom. The van der Waals surface area contributed by atoms with Gasteiger partial charge in [-0.1, -0.05) is 36.4 Å². The van der Waals surface area contributed by atoms with Gasteiger partial charge in [0.25, 0.3) is 0 Å². The molecule has 0 aliphatic heterocycles. The first-order chi connectivity index (χ1) is 9.78. The summed E-state index contributed by atoms with van der Waals surface area (Å²) in [6, 6.07) is 11.8. The van der Waals surface area contributed by atoms with Crippen LogP contribution in [0.5, 0.6) is 0 Å². The van der Waals surface area contributed by atoms with Crippen LogP contribution in [-0.2, 0) is 9.53 Å². The van der Waals surface area contributed by atoms with Crippen LogP contribution in [0.3, 0.4) is 0 Å². The molecule has 3 heteroatoms. The van der Waals surface area contributed by atoms with Crippen molar-refractivity contribution in [3.05, 3.63) is 71.6 Å². The largest absolute Gasteiger partial charge is 0.466 e.